The van der Waals surface area contributed by atoms with Crippen molar-refractivity contribution in [1.29, 1.82) is 5.41 Å². The molecule has 0 heterocycles. The van der Waals surface area contributed by atoms with Crippen molar-refractivity contribution in [2.75, 3.05) is 0 Å². The summed E-state index contributed by atoms with van der Waals surface area (Å²) in [6.45, 7) is 2.23. The van der Waals surface area contributed by atoms with Gasteiger partial charge in [0.25, 0.3) is 0 Å². The molecule has 0 aromatic heterocycles. The third-order valence-electron chi connectivity index (χ3n) is 2.81. The van der Waals surface area contributed by atoms with Gasteiger partial charge in [-0.1, -0.05) is 38.7 Å². The van der Waals surface area contributed by atoms with E-state index in [1.807, 2.05) is 0 Å². The van der Waals surface area contributed by atoms with Crippen molar-refractivity contribution in [2.45, 2.75) is 51.9 Å². The van der Waals surface area contributed by atoms with Crippen molar-refractivity contribution in [3.8, 4) is 0 Å². The van der Waals surface area contributed by atoms with Crippen molar-refractivity contribution in [3.05, 3.63) is 23.4 Å². The van der Waals surface area contributed by atoms with Crippen molar-refractivity contribution in [1.82, 2.24) is 0 Å². The summed E-state index contributed by atoms with van der Waals surface area (Å²) in [4.78, 5) is 0. The van der Waals surface area contributed by atoms with Crippen molar-refractivity contribution >= 4 is 5.71 Å². The maximum absolute atomic E-state index is 7.77. The Morgan fingerprint density at radius 1 is 1.27 bits per heavy atom. The minimum atomic E-state index is 0.620. The van der Waals surface area contributed by atoms with E-state index < -0.39 is 0 Å². The first-order chi connectivity index (χ1) is 7.24. The van der Waals surface area contributed by atoms with Gasteiger partial charge in [0.15, 0.2) is 0 Å². The fraction of sp³-hybridized carbons (Fsp3) is 0.615. The molecule has 0 aromatic carbocycles. The Morgan fingerprint density at radius 3 is 2.67 bits per heavy atom. The van der Waals surface area contributed by atoms with Gasteiger partial charge in [-0.15, -0.1) is 0 Å². The van der Waals surface area contributed by atoms with Crippen LogP contribution in [0.25, 0.3) is 0 Å². The number of nitrogens with two attached hydrogens (primary N) is 1. The molecular weight excluding hydrogens is 184 g/mol. The van der Waals surface area contributed by atoms with Crippen LogP contribution in [-0.2, 0) is 0 Å². The molecule has 84 valence electrons. The Bertz CT molecular complexity index is 274. The molecule has 0 aromatic rings. The third-order valence-corrected chi connectivity index (χ3v) is 2.81. The summed E-state index contributed by atoms with van der Waals surface area (Å²) in [7, 11) is 0. The zero-order valence-corrected chi connectivity index (χ0v) is 9.68. The highest BCUT2D eigenvalue weighted by Crippen LogP contribution is 2.18. The predicted octanol–water partition coefficient (Wildman–Crippen LogP) is 3.54. The molecule has 0 radical (unpaired) electrons. The van der Waals surface area contributed by atoms with E-state index in [1.165, 1.54) is 37.7 Å². The fourth-order valence-corrected chi connectivity index (χ4v) is 1.84. The number of unbranched alkanes of at least 4 members (excludes halogenated alkanes) is 4. The van der Waals surface area contributed by atoms with E-state index in [0.29, 0.717) is 5.71 Å². The SMILES string of the molecule is CCCCCCCC1=CCC(N)=CC1=N. The van der Waals surface area contributed by atoms with Crippen LogP contribution in [0.1, 0.15) is 51.9 Å². The average Bonchev–Trinajstić information content (AvgIpc) is 2.20. The number of hydrogen-bond donors (Lipinski definition) is 2. The molecule has 0 saturated carbocycles. The second-order valence-corrected chi connectivity index (χ2v) is 4.23. The largest absolute Gasteiger partial charge is 0.402 e. The summed E-state index contributed by atoms with van der Waals surface area (Å²) in [5.41, 5.74) is 8.27. The molecule has 3 N–H and O–H groups in total. The molecule has 0 amide bonds. The lowest BCUT2D eigenvalue weighted by atomic mass is 9.96. The third kappa shape index (κ3) is 4.32. The number of hydrogen-bond acceptors (Lipinski definition) is 2. The standard InChI is InChI=1S/C13H22N2/c1-2-3-4-5-6-7-11-8-9-12(14)10-13(11)15/h8,10,15H,2-7,9,14H2,1H3. The van der Waals surface area contributed by atoms with Gasteiger partial charge in [0, 0.05) is 12.1 Å². The van der Waals surface area contributed by atoms with Gasteiger partial charge in [0.2, 0.25) is 0 Å². The Hall–Kier alpha value is -1.05. The van der Waals surface area contributed by atoms with Crippen LogP contribution in [0.4, 0.5) is 0 Å². The van der Waals surface area contributed by atoms with E-state index in [0.717, 1.165) is 18.5 Å². The summed E-state index contributed by atoms with van der Waals surface area (Å²) in [6, 6.07) is 0. The molecule has 0 saturated heterocycles. The van der Waals surface area contributed by atoms with Crippen molar-refractivity contribution < 1.29 is 0 Å². The summed E-state index contributed by atoms with van der Waals surface area (Å²) in [6.07, 6.45) is 12.2. The van der Waals surface area contributed by atoms with Crippen molar-refractivity contribution in [3.63, 3.8) is 0 Å². The summed E-state index contributed by atoms with van der Waals surface area (Å²) >= 11 is 0. The summed E-state index contributed by atoms with van der Waals surface area (Å²) < 4.78 is 0. The molecule has 0 spiro atoms. The van der Waals surface area contributed by atoms with Crippen LogP contribution in [0, 0.1) is 5.41 Å². The smallest absolute Gasteiger partial charge is 0.0585 e. The zero-order valence-electron chi connectivity index (χ0n) is 9.68. The molecule has 0 bridgehead atoms. The van der Waals surface area contributed by atoms with Gasteiger partial charge in [-0.25, -0.2) is 0 Å². The molecule has 2 nitrogen and oxygen atoms in total. The van der Waals surface area contributed by atoms with E-state index in [-0.39, 0.29) is 0 Å². The molecular formula is C13H22N2. The first-order valence-corrected chi connectivity index (χ1v) is 5.98. The Kier molecular flexibility index (Phi) is 5.16. The highest BCUT2D eigenvalue weighted by atomic mass is 14.6. The molecule has 2 heteroatoms. The molecule has 0 atom stereocenters. The highest BCUT2D eigenvalue weighted by Gasteiger charge is 2.07. The minimum absolute atomic E-state index is 0.620. The van der Waals surface area contributed by atoms with E-state index in [4.69, 9.17) is 11.1 Å². The maximum atomic E-state index is 7.77. The summed E-state index contributed by atoms with van der Waals surface area (Å²) in [5, 5.41) is 7.77. The monoisotopic (exact) mass is 206 g/mol. The molecule has 1 aliphatic rings. The van der Waals surface area contributed by atoms with Crippen LogP contribution in [-0.4, -0.2) is 5.71 Å². The van der Waals surface area contributed by atoms with Crippen LogP contribution < -0.4 is 5.73 Å². The molecule has 0 aliphatic heterocycles. The average molecular weight is 206 g/mol. The van der Waals surface area contributed by atoms with E-state index >= 15 is 0 Å². The normalized spacial score (nSPS) is 16.2. The lowest BCUT2D eigenvalue weighted by Crippen LogP contribution is -2.09. The number of rotatable bonds is 6. The van der Waals surface area contributed by atoms with E-state index in [2.05, 4.69) is 13.0 Å². The van der Waals surface area contributed by atoms with Gasteiger partial charge in [-0.05, 0) is 24.5 Å². The predicted molar refractivity (Wildman–Crippen MR) is 66.1 cm³/mol. The number of nitrogens with one attached hydrogen (secondary N) is 1. The van der Waals surface area contributed by atoms with Gasteiger partial charge >= 0.3 is 0 Å². The lowest BCUT2D eigenvalue weighted by Gasteiger charge is -2.12. The van der Waals surface area contributed by atoms with Gasteiger partial charge in [0.05, 0.1) is 5.71 Å². The molecule has 1 aliphatic carbocycles. The quantitative estimate of drug-likeness (QED) is 0.642. The second kappa shape index (κ2) is 6.44. The van der Waals surface area contributed by atoms with Crippen molar-refractivity contribution in [2.24, 2.45) is 5.73 Å². The molecule has 1 rings (SSSR count). The number of allylic oxidation sites excluding steroid dienone is 3. The van der Waals surface area contributed by atoms with E-state index in [9.17, 15) is 0 Å². The maximum Gasteiger partial charge on any atom is 0.0585 e. The van der Waals surface area contributed by atoms with Crippen LogP contribution in [0.5, 0.6) is 0 Å². The first-order valence-electron chi connectivity index (χ1n) is 5.98. The van der Waals surface area contributed by atoms with Crippen LogP contribution >= 0.6 is 0 Å². The summed E-state index contributed by atoms with van der Waals surface area (Å²) in [5.74, 6) is 0. The molecule has 15 heavy (non-hydrogen) atoms. The van der Waals surface area contributed by atoms with Crippen LogP contribution in [0.15, 0.2) is 23.4 Å². The fourth-order valence-electron chi connectivity index (χ4n) is 1.84. The van der Waals surface area contributed by atoms with Crippen LogP contribution in [0.3, 0.4) is 0 Å². The zero-order chi connectivity index (χ0) is 11.1. The molecule has 0 fully saturated rings. The lowest BCUT2D eigenvalue weighted by molar-refractivity contribution is 0.634. The van der Waals surface area contributed by atoms with Gasteiger partial charge < -0.3 is 11.1 Å². The Balaban J connectivity index is 2.20. The van der Waals surface area contributed by atoms with Gasteiger partial charge in [-0.2, -0.15) is 0 Å². The first kappa shape index (κ1) is 12.0. The topological polar surface area (TPSA) is 49.9 Å². The minimum Gasteiger partial charge on any atom is -0.402 e. The van der Waals surface area contributed by atoms with Crippen LogP contribution in [0.2, 0.25) is 0 Å². The second-order valence-electron chi connectivity index (χ2n) is 4.23. The highest BCUT2D eigenvalue weighted by molar-refractivity contribution is 6.07. The van der Waals surface area contributed by atoms with Gasteiger partial charge in [0.1, 0.15) is 0 Å². The van der Waals surface area contributed by atoms with Gasteiger partial charge in [-0.3, -0.25) is 0 Å². The Morgan fingerprint density at radius 2 is 2.00 bits per heavy atom. The molecule has 0 unspecified atom stereocenters. The Labute approximate surface area is 92.8 Å². The van der Waals surface area contributed by atoms with E-state index in [1.54, 1.807) is 6.08 Å².